The van der Waals surface area contributed by atoms with Crippen LogP contribution in [0.4, 0.5) is 0 Å². The second kappa shape index (κ2) is 10.1. The van der Waals surface area contributed by atoms with Crippen molar-refractivity contribution in [3.63, 3.8) is 0 Å². The third kappa shape index (κ3) is 3.93. The van der Waals surface area contributed by atoms with Gasteiger partial charge in [0.25, 0.3) is 0 Å². The third-order valence-electron chi connectivity index (χ3n) is 9.53. The molecule has 0 radical (unpaired) electrons. The Bertz CT molecular complexity index is 2830. The molecule has 0 bridgehead atoms. The zero-order valence-electron chi connectivity index (χ0n) is 25.4. The Labute approximate surface area is 271 Å². The zero-order chi connectivity index (χ0) is 30.9. The van der Waals surface area contributed by atoms with E-state index >= 15 is 0 Å². The van der Waals surface area contributed by atoms with Crippen molar-refractivity contribution in [2.24, 2.45) is 0 Å². The molecular formula is C44H27N3. The highest BCUT2D eigenvalue weighted by Crippen LogP contribution is 2.41. The molecule has 0 spiro atoms. The highest BCUT2D eigenvalue weighted by Gasteiger charge is 2.19. The number of fused-ring (bicyclic) bond motifs is 10. The normalized spacial score (nSPS) is 11.8. The van der Waals surface area contributed by atoms with E-state index in [0.717, 1.165) is 50.0 Å². The Morgan fingerprint density at radius 3 is 1.77 bits per heavy atom. The summed E-state index contributed by atoms with van der Waals surface area (Å²) in [4.78, 5) is 10.6. The Morgan fingerprint density at radius 2 is 1.00 bits per heavy atom. The lowest BCUT2D eigenvalue weighted by Crippen LogP contribution is -1.97. The maximum Gasteiger partial charge on any atom is 0.0973 e. The van der Waals surface area contributed by atoms with E-state index < -0.39 is 0 Å². The van der Waals surface area contributed by atoms with Gasteiger partial charge < -0.3 is 4.57 Å². The van der Waals surface area contributed by atoms with Gasteiger partial charge in [-0.3, -0.25) is 0 Å². The number of aromatic nitrogens is 3. The van der Waals surface area contributed by atoms with Gasteiger partial charge in [0, 0.05) is 38.4 Å². The van der Waals surface area contributed by atoms with Crippen LogP contribution in [0.15, 0.2) is 164 Å². The summed E-state index contributed by atoms with van der Waals surface area (Å²) in [6, 6.07) is 58.3. The molecule has 0 aliphatic heterocycles. The fraction of sp³-hybridized carbons (Fsp3) is 0. The molecule has 0 unspecified atom stereocenters. The highest BCUT2D eigenvalue weighted by atomic mass is 15.0. The van der Waals surface area contributed by atoms with E-state index in [2.05, 4.69) is 156 Å². The number of rotatable bonds is 3. The van der Waals surface area contributed by atoms with E-state index in [0.29, 0.717) is 0 Å². The standard InChI is InChI=1S/C44H27N3/c1-3-13-30(14-4-1)41-42(31-15-5-2-6-16-31)46-43-35-24-22-33(27-32(35)20-25-38(43)45-41)47-39-26-21-28-11-7-9-17-34(28)40(39)37-23-19-29-12-8-10-18-36(29)44(37)47/h1-27H. The van der Waals surface area contributed by atoms with E-state index in [9.17, 15) is 0 Å². The van der Waals surface area contributed by atoms with Gasteiger partial charge in [0.2, 0.25) is 0 Å². The summed E-state index contributed by atoms with van der Waals surface area (Å²) in [7, 11) is 0. The molecule has 0 saturated carbocycles. The lowest BCUT2D eigenvalue weighted by Gasteiger charge is -2.14. The van der Waals surface area contributed by atoms with Crippen molar-refractivity contribution in [3.05, 3.63) is 164 Å². The quantitative estimate of drug-likeness (QED) is 0.190. The molecule has 0 fully saturated rings. The largest absolute Gasteiger partial charge is 0.309 e. The highest BCUT2D eigenvalue weighted by molar-refractivity contribution is 6.26. The van der Waals surface area contributed by atoms with E-state index in [4.69, 9.17) is 9.97 Å². The summed E-state index contributed by atoms with van der Waals surface area (Å²) >= 11 is 0. The van der Waals surface area contributed by atoms with Gasteiger partial charge in [0.05, 0.1) is 33.5 Å². The molecule has 3 heteroatoms. The minimum Gasteiger partial charge on any atom is -0.309 e. The first-order valence-corrected chi connectivity index (χ1v) is 16.0. The van der Waals surface area contributed by atoms with Gasteiger partial charge in [-0.1, -0.05) is 140 Å². The van der Waals surface area contributed by atoms with Crippen LogP contribution in [0.3, 0.4) is 0 Å². The molecule has 2 aromatic heterocycles. The third-order valence-corrected chi connectivity index (χ3v) is 9.53. The van der Waals surface area contributed by atoms with Gasteiger partial charge in [-0.05, 0) is 45.8 Å². The van der Waals surface area contributed by atoms with Crippen LogP contribution in [0.2, 0.25) is 0 Å². The monoisotopic (exact) mass is 597 g/mol. The van der Waals surface area contributed by atoms with E-state index in [-0.39, 0.29) is 0 Å². The topological polar surface area (TPSA) is 30.7 Å². The van der Waals surface area contributed by atoms with Crippen LogP contribution in [-0.2, 0) is 0 Å². The lowest BCUT2D eigenvalue weighted by atomic mass is 10.0. The molecule has 218 valence electrons. The number of benzene rings is 8. The number of hydrogen-bond donors (Lipinski definition) is 0. The average Bonchev–Trinajstić information content (AvgIpc) is 3.50. The first kappa shape index (κ1) is 26.0. The van der Waals surface area contributed by atoms with Crippen molar-refractivity contribution < 1.29 is 0 Å². The average molecular weight is 598 g/mol. The van der Waals surface area contributed by atoms with Crippen molar-refractivity contribution in [2.45, 2.75) is 0 Å². The van der Waals surface area contributed by atoms with E-state index in [1.807, 2.05) is 12.1 Å². The molecule has 0 N–H and O–H groups in total. The zero-order valence-corrected chi connectivity index (χ0v) is 25.4. The second-order valence-electron chi connectivity index (χ2n) is 12.2. The number of hydrogen-bond acceptors (Lipinski definition) is 2. The smallest absolute Gasteiger partial charge is 0.0973 e. The van der Waals surface area contributed by atoms with Crippen LogP contribution in [0.25, 0.3) is 93.4 Å². The number of nitrogens with zero attached hydrogens (tertiary/aromatic N) is 3. The summed E-state index contributed by atoms with van der Waals surface area (Å²) in [6.07, 6.45) is 0. The summed E-state index contributed by atoms with van der Waals surface area (Å²) in [6.45, 7) is 0. The van der Waals surface area contributed by atoms with Gasteiger partial charge >= 0.3 is 0 Å². The molecule has 0 amide bonds. The molecule has 3 nitrogen and oxygen atoms in total. The molecular weight excluding hydrogens is 571 g/mol. The van der Waals surface area contributed by atoms with Crippen molar-refractivity contribution in [2.75, 3.05) is 0 Å². The van der Waals surface area contributed by atoms with Crippen LogP contribution < -0.4 is 0 Å². The lowest BCUT2D eigenvalue weighted by molar-refractivity contribution is 1.19. The predicted octanol–water partition coefficient (Wildman–Crippen LogP) is 11.5. The molecule has 8 aromatic carbocycles. The minimum atomic E-state index is 0.887. The Morgan fingerprint density at radius 1 is 0.404 bits per heavy atom. The molecule has 10 aromatic rings. The first-order chi connectivity index (χ1) is 23.3. The SMILES string of the molecule is c1ccc(-c2nc3ccc4cc(-n5c6ccc7ccccc7c6c6ccc7ccccc7c65)ccc4c3nc2-c2ccccc2)cc1. The fourth-order valence-electron chi connectivity index (χ4n) is 7.38. The molecule has 10 rings (SSSR count). The van der Waals surface area contributed by atoms with Crippen molar-refractivity contribution >= 4 is 65.2 Å². The predicted molar refractivity (Wildman–Crippen MR) is 197 cm³/mol. The molecule has 0 saturated heterocycles. The van der Waals surface area contributed by atoms with Gasteiger partial charge in [-0.2, -0.15) is 0 Å². The van der Waals surface area contributed by atoms with Crippen LogP contribution in [0, 0.1) is 0 Å². The van der Waals surface area contributed by atoms with E-state index in [1.54, 1.807) is 0 Å². The summed E-state index contributed by atoms with van der Waals surface area (Å²) in [5.41, 5.74) is 9.25. The van der Waals surface area contributed by atoms with Crippen LogP contribution in [0.1, 0.15) is 0 Å². The Hall–Kier alpha value is -6.32. The van der Waals surface area contributed by atoms with Gasteiger partial charge in [0.1, 0.15) is 0 Å². The summed E-state index contributed by atoms with van der Waals surface area (Å²) in [5.74, 6) is 0. The maximum absolute atomic E-state index is 5.35. The van der Waals surface area contributed by atoms with Crippen LogP contribution >= 0.6 is 0 Å². The van der Waals surface area contributed by atoms with Crippen molar-refractivity contribution in [1.82, 2.24) is 14.5 Å². The summed E-state index contributed by atoms with van der Waals surface area (Å²) < 4.78 is 2.45. The molecule has 2 heterocycles. The Balaban J connectivity index is 1.26. The van der Waals surface area contributed by atoms with Crippen molar-refractivity contribution in [1.29, 1.82) is 0 Å². The van der Waals surface area contributed by atoms with Crippen LogP contribution in [0.5, 0.6) is 0 Å². The Kier molecular flexibility index (Phi) is 5.57. The molecule has 0 atom stereocenters. The molecule has 47 heavy (non-hydrogen) atoms. The van der Waals surface area contributed by atoms with Crippen molar-refractivity contribution in [3.8, 4) is 28.2 Å². The maximum atomic E-state index is 5.35. The fourth-order valence-corrected chi connectivity index (χ4v) is 7.38. The van der Waals surface area contributed by atoms with Gasteiger partial charge in [-0.15, -0.1) is 0 Å². The first-order valence-electron chi connectivity index (χ1n) is 16.0. The van der Waals surface area contributed by atoms with Gasteiger partial charge in [-0.25, -0.2) is 9.97 Å². The van der Waals surface area contributed by atoms with E-state index in [1.165, 1.54) is 43.4 Å². The van der Waals surface area contributed by atoms with Crippen LogP contribution in [-0.4, -0.2) is 14.5 Å². The second-order valence-corrected chi connectivity index (χ2v) is 12.2. The minimum absolute atomic E-state index is 0.887. The summed E-state index contributed by atoms with van der Waals surface area (Å²) in [5, 5.41) is 9.77. The van der Waals surface area contributed by atoms with Gasteiger partial charge in [0.15, 0.2) is 0 Å². The molecule has 0 aliphatic rings. The molecule has 0 aliphatic carbocycles.